The van der Waals surface area contributed by atoms with Gasteiger partial charge < -0.3 is 9.88 Å². The molecule has 3 aromatic rings. The molecule has 28 heavy (non-hydrogen) atoms. The molecule has 0 saturated heterocycles. The Balaban J connectivity index is 1.76. The monoisotopic (exact) mass is 394 g/mol. The van der Waals surface area contributed by atoms with E-state index in [1.54, 1.807) is 0 Å². The highest BCUT2D eigenvalue weighted by Crippen LogP contribution is 2.28. The summed E-state index contributed by atoms with van der Waals surface area (Å²) in [7, 11) is 1.93. The lowest BCUT2D eigenvalue weighted by Gasteiger charge is -2.16. The molecule has 0 aliphatic carbocycles. The van der Waals surface area contributed by atoms with E-state index in [1.807, 2.05) is 50.6 Å². The van der Waals surface area contributed by atoms with Crippen molar-refractivity contribution in [2.75, 3.05) is 5.32 Å². The third kappa shape index (κ3) is 4.12. The van der Waals surface area contributed by atoms with Gasteiger partial charge in [0.25, 0.3) is 0 Å². The van der Waals surface area contributed by atoms with Crippen LogP contribution in [0.15, 0.2) is 41.6 Å². The van der Waals surface area contributed by atoms with E-state index >= 15 is 0 Å². The first kappa shape index (κ1) is 20.1. The van der Waals surface area contributed by atoms with E-state index in [0.717, 1.165) is 38.9 Å². The van der Waals surface area contributed by atoms with Crippen molar-refractivity contribution in [1.82, 2.24) is 14.8 Å². The topological polar surface area (TPSA) is 59.8 Å². The Bertz CT molecular complexity index is 1000. The standard InChI is InChI=1S/C22H26N4OS/c1-13-11-15(3)19(16(4)12-13)23-21(27)17(5)28-22-25-24-20(26(22)6)18-10-8-7-9-14(18)2/h7-12,17H,1-6H3,(H,23,27)/t17-/m1/s1. The van der Waals surface area contributed by atoms with Crippen molar-refractivity contribution in [1.29, 1.82) is 0 Å². The van der Waals surface area contributed by atoms with Crippen LogP contribution in [-0.4, -0.2) is 25.9 Å². The summed E-state index contributed by atoms with van der Waals surface area (Å²) in [6, 6.07) is 12.2. The van der Waals surface area contributed by atoms with E-state index in [1.165, 1.54) is 17.3 Å². The minimum absolute atomic E-state index is 0.0412. The molecule has 0 fully saturated rings. The molecule has 0 spiro atoms. The van der Waals surface area contributed by atoms with Crippen molar-refractivity contribution < 1.29 is 4.79 Å². The second-order valence-corrected chi connectivity index (χ2v) is 8.51. The molecular weight excluding hydrogens is 368 g/mol. The van der Waals surface area contributed by atoms with Gasteiger partial charge in [-0.15, -0.1) is 10.2 Å². The maximum absolute atomic E-state index is 12.8. The summed E-state index contributed by atoms with van der Waals surface area (Å²) in [5.74, 6) is 0.763. The third-order valence-electron chi connectivity index (χ3n) is 4.80. The molecule has 1 heterocycles. The fourth-order valence-electron chi connectivity index (χ4n) is 3.29. The van der Waals surface area contributed by atoms with Gasteiger partial charge >= 0.3 is 0 Å². The summed E-state index contributed by atoms with van der Waals surface area (Å²) in [6.07, 6.45) is 0. The first-order valence-electron chi connectivity index (χ1n) is 9.28. The number of aromatic nitrogens is 3. The summed E-state index contributed by atoms with van der Waals surface area (Å²) in [5.41, 5.74) is 6.42. The van der Waals surface area contributed by atoms with Gasteiger partial charge in [0.05, 0.1) is 5.25 Å². The average molecular weight is 395 g/mol. The van der Waals surface area contributed by atoms with Crippen LogP contribution in [0.2, 0.25) is 0 Å². The fourth-order valence-corrected chi connectivity index (χ4v) is 4.10. The van der Waals surface area contributed by atoms with Gasteiger partial charge in [-0.2, -0.15) is 0 Å². The van der Waals surface area contributed by atoms with Crippen LogP contribution in [0.4, 0.5) is 5.69 Å². The van der Waals surface area contributed by atoms with Crippen LogP contribution >= 0.6 is 11.8 Å². The van der Waals surface area contributed by atoms with Crippen molar-refractivity contribution in [2.45, 2.75) is 45.0 Å². The van der Waals surface area contributed by atoms with Gasteiger partial charge in [0, 0.05) is 18.3 Å². The lowest BCUT2D eigenvalue weighted by Crippen LogP contribution is -2.23. The largest absolute Gasteiger partial charge is 0.325 e. The van der Waals surface area contributed by atoms with Crippen LogP contribution in [-0.2, 0) is 11.8 Å². The van der Waals surface area contributed by atoms with E-state index in [0.29, 0.717) is 0 Å². The predicted octanol–water partition coefficient (Wildman–Crippen LogP) is 4.84. The third-order valence-corrected chi connectivity index (χ3v) is 5.93. The van der Waals surface area contributed by atoms with Crippen molar-refractivity contribution in [3.05, 3.63) is 58.7 Å². The number of nitrogens with zero attached hydrogens (tertiary/aromatic N) is 3. The quantitative estimate of drug-likeness (QED) is 0.629. The molecule has 1 N–H and O–H groups in total. The number of carbonyl (C=O) groups excluding carboxylic acids is 1. The molecule has 0 saturated carbocycles. The van der Waals surface area contributed by atoms with Crippen LogP contribution in [0.25, 0.3) is 11.4 Å². The van der Waals surface area contributed by atoms with Crippen LogP contribution < -0.4 is 5.32 Å². The van der Waals surface area contributed by atoms with E-state index in [-0.39, 0.29) is 11.2 Å². The van der Waals surface area contributed by atoms with Crippen LogP contribution in [0, 0.1) is 27.7 Å². The highest BCUT2D eigenvalue weighted by molar-refractivity contribution is 8.00. The number of carbonyl (C=O) groups is 1. The Morgan fingerprint density at radius 1 is 1.04 bits per heavy atom. The van der Waals surface area contributed by atoms with Crippen LogP contribution in [0.3, 0.4) is 0 Å². The molecule has 1 atom stereocenters. The Kier molecular flexibility index (Phi) is 5.89. The number of amides is 1. The number of anilines is 1. The molecule has 0 aliphatic heterocycles. The van der Waals surface area contributed by atoms with Gasteiger partial charge in [-0.05, 0) is 51.3 Å². The van der Waals surface area contributed by atoms with Gasteiger partial charge in [0.1, 0.15) is 0 Å². The summed E-state index contributed by atoms with van der Waals surface area (Å²) in [5, 5.41) is 12.1. The Morgan fingerprint density at radius 2 is 1.68 bits per heavy atom. The van der Waals surface area contributed by atoms with Crippen molar-refractivity contribution in [3.8, 4) is 11.4 Å². The van der Waals surface area contributed by atoms with E-state index in [2.05, 4.69) is 47.6 Å². The Hall–Kier alpha value is -2.60. The van der Waals surface area contributed by atoms with Gasteiger partial charge in [-0.3, -0.25) is 4.79 Å². The summed E-state index contributed by atoms with van der Waals surface area (Å²) in [6.45, 7) is 10.0. The number of nitrogens with one attached hydrogen (secondary N) is 1. The van der Waals surface area contributed by atoms with Crippen molar-refractivity contribution in [2.24, 2.45) is 7.05 Å². The second kappa shape index (κ2) is 8.19. The number of benzene rings is 2. The zero-order chi connectivity index (χ0) is 20.4. The minimum Gasteiger partial charge on any atom is -0.325 e. The smallest absolute Gasteiger partial charge is 0.237 e. The highest BCUT2D eigenvalue weighted by Gasteiger charge is 2.21. The summed E-state index contributed by atoms with van der Waals surface area (Å²) < 4.78 is 1.94. The molecule has 0 aliphatic rings. The van der Waals surface area contributed by atoms with Gasteiger partial charge in [-0.25, -0.2) is 0 Å². The van der Waals surface area contributed by atoms with E-state index in [4.69, 9.17) is 0 Å². The van der Waals surface area contributed by atoms with Crippen LogP contribution in [0.1, 0.15) is 29.2 Å². The lowest BCUT2D eigenvalue weighted by atomic mass is 10.1. The molecule has 6 heteroatoms. The molecule has 1 amide bonds. The maximum atomic E-state index is 12.8. The maximum Gasteiger partial charge on any atom is 0.237 e. The molecular formula is C22H26N4OS. The molecule has 1 aromatic heterocycles. The molecule has 3 rings (SSSR count). The molecule has 0 bridgehead atoms. The van der Waals surface area contributed by atoms with Crippen molar-refractivity contribution in [3.63, 3.8) is 0 Å². The lowest BCUT2D eigenvalue weighted by molar-refractivity contribution is -0.115. The normalized spacial score (nSPS) is 12.1. The fraction of sp³-hybridized carbons (Fsp3) is 0.318. The average Bonchev–Trinajstić information content (AvgIpc) is 2.98. The van der Waals surface area contributed by atoms with E-state index < -0.39 is 0 Å². The molecule has 146 valence electrons. The Labute approximate surface area is 170 Å². The molecule has 0 radical (unpaired) electrons. The number of hydrogen-bond donors (Lipinski definition) is 1. The Morgan fingerprint density at radius 3 is 2.32 bits per heavy atom. The molecule has 2 aromatic carbocycles. The van der Waals surface area contributed by atoms with E-state index in [9.17, 15) is 4.79 Å². The second-order valence-electron chi connectivity index (χ2n) is 7.20. The number of rotatable bonds is 5. The van der Waals surface area contributed by atoms with Gasteiger partial charge in [-0.1, -0.05) is 53.7 Å². The zero-order valence-corrected chi connectivity index (χ0v) is 18.0. The van der Waals surface area contributed by atoms with Crippen molar-refractivity contribution >= 4 is 23.4 Å². The number of aryl methyl sites for hydroxylation is 4. The first-order valence-corrected chi connectivity index (χ1v) is 10.2. The number of hydrogen-bond acceptors (Lipinski definition) is 4. The minimum atomic E-state index is -0.298. The summed E-state index contributed by atoms with van der Waals surface area (Å²) >= 11 is 1.41. The summed E-state index contributed by atoms with van der Waals surface area (Å²) in [4.78, 5) is 12.8. The molecule has 0 unspecified atom stereocenters. The highest BCUT2D eigenvalue weighted by atomic mass is 32.2. The molecule has 5 nitrogen and oxygen atoms in total. The zero-order valence-electron chi connectivity index (χ0n) is 17.2. The van der Waals surface area contributed by atoms with Gasteiger partial charge in [0.2, 0.25) is 5.91 Å². The number of thioether (sulfide) groups is 1. The van der Waals surface area contributed by atoms with Crippen LogP contribution in [0.5, 0.6) is 0 Å². The van der Waals surface area contributed by atoms with Gasteiger partial charge in [0.15, 0.2) is 11.0 Å². The SMILES string of the molecule is Cc1cc(C)c(NC(=O)[C@@H](C)Sc2nnc(-c3ccccc3C)n2C)c(C)c1. The predicted molar refractivity (Wildman–Crippen MR) is 116 cm³/mol. The first-order chi connectivity index (χ1) is 13.3.